The molecule has 1 heterocycles. The number of nitrogens with zero attached hydrogens (tertiary/aromatic N) is 1. The number of methoxy groups -OCH3 is 1. The summed E-state index contributed by atoms with van der Waals surface area (Å²) in [6.07, 6.45) is -1.89. The highest BCUT2D eigenvalue weighted by Crippen LogP contribution is 2.46. The number of ether oxygens (including phenoxy) is 2. The topological polar surface area (TPSA) is 33.7 Å². The summed E-state index contributed by atoms with van der Waals surface area (Å²) in [6.45, 7) is 9.29. The van der Waals surface area contributed by atoms with Crippen molar-refractivity contribution in [1.29, 1.82) is 0 Å². The van der Waals surface area contributed by atoms with Crippen LogP contribution in [0.4, 0.5) is 26.3 Å². The monoisotopic (exact) mass is 624 g/mol. The average molecular weight is 625 g/mol. The van der Waals surface area contributed by atoms with Crippen LogP contribution in [0.2, 0.25) is 0 Å². The van der Waals surface area contributed by atoms with Crippen LogP contribution in [0.3, 0.4) is 0 Å². The Kier molecular flexibility index (Phi) is 11.2. The van der Waals surface area contributed by atoms with E-state index in [4.69, 9.17) is 9.47 Å². The van der Waals surface area contributed by atoms with E-state index >= 15 is 0 Å². The van der Waals surface area contributed by atoms with Crippen molar-refractivity contribution in [2.75, 3.05) is 40.0 Å². The lowest BCUT2D eigenvalue weighted by Crippen LogP contribution is -2.45. The molecule has 2 aromatic carbocycles. The number of alkyl halides is 6. The highest BCUT2D eigenvalue weighted by Gasteiger charge is 2.45. The molecule has 10 heteroatoms. The molecule has 242 valence electrons. The predicted octanol–water partition coefficient (Wildman–Crippen LogP) is 8.20. The molecule has 4 atom stereocenters. The van der Waals surface area contributed by atoms with Gasteiger partial charge in [0.05, 0.1) is 30.9 Å². The average Bonchev–Trinajstić information content (AvgIpc) is 3.42. The number of nitrogens with one attached hydrogen (secondary N) is 1. The van der Waals surface area contributed by atoms with Crippen LogP contribution < -0.4 is 5.32 Å². The minimum absolute atomic E-state index is 0.113. The molecule has 0 aromatic heterocycles. The molecule has 1 saturated heterocycles. The van der Waals surface area contributed by atoms with E-state index in [0.717, 1.165) is 50.9 Å². The molecule has 0 radical (unpaired) electrons. The molecule has 4 rings (SSSR count). The first kappa shape index (κ1) is 34.1. The van der Waals surface area contributed by atoms with Gasteiger partial charge in [-0.1, -0.05) is 56.0 Å². The Bertz CT molecular complexity index is 1230. The van der Waals surface area contributed by atoms with Gasteiger partial charge in [-0.05, 0) is 73.4 Å². The Hall–Kier alpha value is -2.82. The fraction of sp³-hybridized carbons (Fsp3) is 0.529. The molecule has 2 fully saturated rings. The maximum Gasteiger partial charge on any atom is 0.416 e. The summed E-state index contributed by atoms with van der Waals surface area (Å²) >= 11 is 0. The maximum absolute atomic E-state index is 13.4. The van der Waals surface area contributed by atoms with Gasteiger partial charge in [0, 0.05) is 37.4 Å². The largest absolute Gasteiger partial charge is 0.416 e. The zero-order valence-corrected chi connectivity index (χ0v) is 25.3. The van der Waals surface area contributed by atoms with Gasteiger partial charge in [0.1, 0.15) is 0 Å². The van der Waals surface area contributed by atoms with Crippen molar-refractivity contribution in [3.63, 3.8) is 0 Å². The first-order valence-corrected chi connectivity index (χ1v) is 15.1. The SMILES string of the molecule is C=C(NCc1cc(C(F)(F)F)cc(C(F)(F)F)c1)C1(COCCOC)CCC(N2CCC(/C=C\c3ccccc3)[C@@H](C)C2)C1. The summed E-state index contributed by atoms with van der Waals surface area (Å²) < 4.78 is 91.4. The highest BCUT2D eigenvalue weighted by atomic mass is 19.4. The summed E-state index contributed by atoms with van der Waals surface area (Å²) in [5.74, 6) is 0.933. The van der Waals surface area contributed by atoms with Gasteiger partial charge in [0.25, 0.3) is 0 Å². The third-order valence-electron chi connectivity index (χ3n) is 9.04. The van der Waals surface area contributed by atoms with E-state index in [-0.39, 0.29) is 24.2 Å². The molecular weight excluding hydrogens is 582 g/mol. The van der Waals surface area contributed by atoms with Crippen LogP contribution in [0, 0.1) is 17.3 Å². The highest BCUT2D eigenvalue weighted by molar-refractivity contribution is 5.49. The smallest absolute Gasteiger partial charge is 0.384 e. The van der Waals surface area contributed by atoms with Crippen LogP contribution in [0.5, 0.6) is 0 Å². The van der Waals surface area contributed by atoms with E-state index in [1.165, 1.54) is 5.56 Å². The quantitative estimate of drug-likeness (QED) is 0.191. The zero-order chi connectivity index (χ0) is 32.0. The number of halogens is 6. The third-order valence-corrected chi connectivity index (χ3v) is 9.04. The van der Waals surface area contributed by atoms with Crippen LogP contribution in [0.1, 0.15) is 54.9 Å². The molecule has 1 N–H and O–H groups in total. The van der Waals surface area contributed by atoms with E-state index < -0.39 is 28.9 Å². The van der Waals surface area contributed by atoms with Crippen molar-refractivity contribution >= 4 is 6.08 Å². The fourth-order valence-electron chi connectivity index (χ4n) is 6.44. The minimum atomic E-state index is -4.90. The molecule has 1 saturated carbocycles. The molecule has 4 nitrogen and oxygen atoms in total. The van der Waals surface area contributed by atoms with Crippen LogP contribution >= 0.6 is 0 Å². The molecule has 2 aromatic rings. The molecule has 0 spiro atoms. The van der Waals surface area contributed by atoms with Gasteiger partial charge in [-0.15, -0.1) is 0 Å². The molecule has 1 aliphatic carbocycles. The fourth-order valence-corrected chi connectivity index (χ4v) is 6.44. The van der Waals surface area contributed by atoms with Crippen molar-refractivity contribution in [3.05, 3.63) is 89.1 Å². The van der Waals surface area contributed by atoms with Crippen molar-refractivity contribution in [1.82, 2.24) is 10.2 Å². The standard InChI is InChI=1S/C34H42F6N2O2/c1-24-22-42(14-12-28(24)10-9-26-7-5-4-6-8-26)31-11-13-32(20-31,23-44-16-15-43-3)25(2)41-21-27-17-29(33(35,36)37)19-30(18-27)34(38,39)40/h4-10,17-19,24,28,31,41H,2,11-16,20-23H2,1,3H3/b10-9-/t24-,28?,31?,32?/m0/s1. The number of benzene rings is 2. The van der Waals surface area contributed by atoms with Crippen molar-refractivity contribution in [3.8, 4) is 0 Å². The van der Waals surface area contributed by atoms with Gasteiger partial charge in [-0.3, -0.25) is 0 Å². The second-order valence-electron chi connectivity index (χ2n) is 12.2. The number of piperidine rings is 1. The van der Waals surface area contributed by atoms with Gasteiger partial charge in [-0.25, -0.2) is 0 Å². The summed E-state index contributed by atoms with van der Waals surface area (Å²) in [5, 5.41) is 3.08. The molecule has 1 aliphatic heterocycles. The summed E-state index contributed by atoms with van der Waals surface area (Å²) in [4.78, 5) is 2.52. The molecular formula is C34H42F6N2O2. The van der Waals surface area contributed by atoms with Crippen LogP contribution in [-0.2, 0) is 28.4 Å². The molecule has 0 bridgehead atoms. The maximum atomic E-state index is 13.4. The Morgan fingerprint density at radius 3 is 2.32 bits per heavy atom. The van der Waals surface area contributed by atoms with Gasteiger partial charge >= 0.3 is 12.4 Å². The van der Waals surface area contributed by atoms with Gasteiger partial charge in [0.15, 0.2) is 0 Å². The van der Waals surface area contributed by atoms with Crippen LogP contribution in [0.15, 0.2) is 66.9 Å². The van der Waals surface area contributed by atoms with Gasteiger partial charge < -0.3 is 19.7 Å². The van der Waals surface area contributed by atoms with E-state index in [1.807, 2.05) is 18.2 Å². The number of likely N-dealkylation sites (tertiary alicyclic amines) is 1. The minimum Gasteiger partial charge on any atom is -0.384 e. The van der Waals surface area contributed by atoms with E-state index in [2.05, 4.69) is 48.0 Å². The normalized spacial score (nSPS) is 25.0. The first-order valence-electron chi connectivity index (χ1n) is 15.1. The van der Waals surface area contributed by atoms with E-state index in [1.54, 1.807) is 7.11 Å². The van der Waals surface area contributed by atoms with Crippen molar-refractivity contribution in [2.24, 2.45) is 17.3 Å². The second-order valence-corrected chi connectivity index (χ2v) is 12.2. The summed E-state index contributed by atoms with van der Waals surface area (Å²) in [5.41, 5.74) is -1.54. The van der Waals surface area contributed by atoms with Crippen molar-refractivity contribution < 1.29 is 35.8 Å². The summed E-state index contributed by atoms with van der Waals surface area (Å²) in [7, 11) is 1.58. The Morgan fingerprint density at radius 2 is 1.70 bits per heavy atom. The summed E-state index contributed by atoms with van der Waals surface area (Å²) in [6, 6.07) is 12.2. The number of allylic oxidation sites excluding steroid dienone is 1. The van der Waals surface area contributed by atoms with Gasteiger partial charge in [-0.2, -0.15) is 26.3 Å². The van der Waals surface area contributed by atoms with E-state index in [0.29, 0.717) is 37.4 Å². The molecule has 3 unspecified atom stereocenters. The Labute approximate surface area is 256 Å². The molecule has 2 aliphatic rings. The van der Waals surface area contributed by atoms with Crippen LogP contribution in [0.25, 0.3) is 6.08 Å². The third kappa shape index (κ3) is 8.88. The molecule has 0 amide bonds. The predicted molar refractivity (Wildman–Crippen MR) is 160 cm³/mol. The lowest BCUT2D eigenvalue weighted by molar-refractivity contribution is -0.143. The van der Waals surface area contributed by atoms with Crippen molar-refractivity contribution in [2.45, 2.75) is 57.5 Å². The lowest BCUT2D eigenvalue weighted by atomic mass is 9.82. The zero-order valence-electron chi connectivity index (χ0n) is 25.3. The Morgan fingerprint density at radius 1 is 1.02 bits per heavy atom. The number of hydrogen-bond donors (Lipinski definition) is 1. The van der Waals surface area contributed by atoms with Gasteiger partial charge in [0.2, 0.25) is 0 Å². The molecule has 44 heavy (non-hydrogen) atoms. The van der Waals surface area contributed by atoms with Crippen LogP contribution in [-0.4, -0.2) is 51.0 Å². The first-order chi connectivity index (χ1) is 20.8. The number of hydrogen-bond acceptors (Lipinski definition) is 4. The Balaban J connectivity index is 1.43. The number of rotatable bonds is 12. The lowest BCUT2D eigenvalue weighted by Gasteiger charge is -2.40. The second kappa shape index (κ2) is 14.5. The van der Waals surface area contributed by atoms with E-state index in [9.17, 15) is 26.3 Å².